The average Bonchev–Trinajstić information content (AvgIpc) is 2.88. The number of ether oxygens (including phenoxy) is 1. The standard InChI is InChI=1S/C32H42O2/c1-2-3-4-5-6-7-8-9-10-11-12-16-23-31(28-20-14-13-15-21-28)34-32(33)30-25-24-27-19-17-18-22-29(27)26-30/h11-12,17-19,22,24-26,28,31H,2-10,13-15,20-21H2,1H3/b12-11+/t31-/m1/s1. The van der Waals surface area contributed by atoms with Crippen molar-refractivity contribution in [2.75, 3.05) is 0 Å². The Morgan fingerprint density at radius 2 is 1.65 bits per heavy atom. The first-order valence-corrected chi connectivity index (χ1v) is 13.6. The summed E-state index contributed by atoms with van der Waals surface area (Å²) < 4.78 is 5.98. The molecule has 1 atom stereocenters. The lowest BCUT2D eigenvalue weighted by molar-refractivity contribution is 0.0252. The zero-order valence-corrected chi connectivity index (χ0v) is 21.1. The highest BCUT2D eigenvalue weighted by atomic mass is 16.5. The number of carbonyl (C=O) groups excluding carboxylic acids is 1. The lowest BCUT2D eigenvalue weighted by Crippen LogP contribution is -2.27. The van der Waals surface area contributed by atoms with Gasteiger partial charge in [0.15, 0.2) is 6.10 Å². The molecule has 2 aromatic carbocycles. The molecule has 0 radical (unpaired) electrons. The number of fused-ring (bicyclic) bond motifs is 1. The number of allylic oxidation sites excluding steroid dienone is 2. The van der Waals surface area contributed by atoms with E-state index in [0.717, 1.165) is 30.0 Å². The Kier molecular flexibility index (Phi) is 11.8. The molecule has 34 heavy (non-hydrogen) atoms. The van der Waals surface area contributed by atoms with E-state index in [4.69, 9.17) is 4.74 Å². The van der Waals surface area contributed by atoms with Gasteiger partial charge in [-0.25, -0.2) is 4.79 Å². The summed E-state index contributed by atoms with van der Waals surface area (Å²) in [6.07, 6.45) is 21.4. The van der Waals surface area contributed by atoms with E-state index in [9.17, 15) is 4.79 Å². The van der Waals surface area contributed by atoms with E-state index >= 15 is 0 Å². The third-order valence-corrected chi connectivity index (χ3v) is 6.95. The van der Waals surface area contributed by atoms with Crippen LogP contribution < -0.4 is 0 Å². The van der Waals surface area contributed by atoms with Crippen LogP contribution in [-0.2, 0) is 4.74 Å². The van der Waals surface area contributed by atoms with Crippen LogP contribution in [0.25, 0.3) is 10.8 Å². The van der Waals surface area contributed by atoms with Gasteiger partial charge in [-0.1, -0.05) is 119 Å². The van der Waals surface area contributed by atoms with Crippen molar-refractivity contribution in [3.8, 4) is 11.8 Å². The van der Waals surface area contributed by atoms with Crippen LogP contribution in [0.2, 0.25) is 0 Å². The van der Waals surface area contributed by atoms with Gasteiger partial charge in [0.2, 0.25) is 0 Å². The first-order valence-electron chi connectivity index (χ1n) is 13.6. The van der Waals surface area contributed by atoms with Crippen molar-refractivity contribution in [3.05, 3.63) is 60.2 Å². The molecule has 1 fully saturated rings. The monoisotopic (exact) mass is 458 g/mol. The lowest BCUT2D eigenvalue weighted by atomic mass is 9.85. The topological polar surface area (TPSA) is 26.3 Å². The smallest absolute Gasteiger partial charge is 0.339 e. The Hall–Kier alpha value is -2.53. The molecule has 182 valence electrons. The first kappa shape index (κ1) is 26.1. The predicted molar refractivity (Wildman–Crippen MR) is 144 cm³/mol. The minimum Gasteiger partial charge on any atom is -0.445 e. The summed E-state index contributed by atoms with van der Waals surface area (Å²) in [6, 6.07) is 13.9. The maximum absolute atomic E-state index is 13.0. The van der Waals surface area contributed by atoms with Crippen molar-refractivity contribution in [1.29, 1.82) is 0 Å². The molecule has 2 aromatic rings. The Morgan fingerprint density at radius 1 is 0.941 bits per heavy atom. The summed E-state index contributed by atoms with van der Waals surface area (Å²) in [5, 5.41) is 2.19. The second-order valence-electron chi connectivity index (χ2n) is 9.74. The molecular weight excluding hydrogens is 416 g/mol. The summed E-state index contributed by atoms with van der Waals surface area (Å²) in [5.41, 5.74) is 0.603. The summed E-state index contributed by atoms with van der Waals surface area (Å²) in [6.45, 7) is 2.27. The fourth-order valence-electron chi connectivity index (χ4n) is 4.85. The van der Waals surface area contributed by atoms with Gasteiger partial charge in [-0.15, -0.1) is 0 Å². The van der Waals surface area contributed by atoms with Crippen molar-refractivity contribution >= 4 is 16.7 Å². The van der Waals surface area contributed by atoms with E-state index in [-0.39, 0.29) is 12.1 Å². The minimum absolute atomic E-state index is 0.265. The molecule has 0 heterocycles. The fourth-order valence-corrected chi connectivity index (χ4v) is 4.85. The van der Waals surface area contributed by atoms with Crippen molar-refractivity contribution in [1.82, 2.24) is 0 Å². The first-order chi connectivity index (χ1) is 16.8. The molecule has 2 heteroatoms. The van der Waals surface area contributed by atoms with Crippen LogP contribution in [0.3, 0.4) is 0 Å². The number of rotatable bonds is 12. The van der Waals surface area contributed by atoms with Crippen LogP contribution in [0.15, 0.2) is 54.6 Å². The Morgan fingerprint density at radius 3 is 2.41 bits per heavy atom. The molecule has 3 rings (SSSR count). The normalized spacial score (nSPS) is 15.2. The molecule has 0 N–H and O–H groups in total. The van der Waals surface area contributed by atoms with Crippen molar-refractivity contribution in [3.63, 3.8) is 0 Å². The van der Waals surface area contributed by atoms with Crippen LogP contribution >= 0.6 is 0 Å². The highest BCUT2D eigenvalue weighted by Crippen LogP contribution is 2.28. The summed E-state index contributed by atoms with van der Waals surface area (Å²) >= 11 is 0. The van der Waals surface area contributed by atoms with Gasteiger partial charge in [0.1, 0.15) is 0 Å². The molecule has 1 aliphatic carbocycles. The summed E-state index contributed by atoms with van der Waals surface area (Å²) in [7, 11) is 0. The van der Waals surface area contributed by atoms with Gasteiger partial charge in [-0.3, -0.25) is 0 Å². The highest BCUT2D eigenvalue weighted by Gasteiger charge is 2.26. The van der Waals surface area contributed by atoms with Gasteiger partial charge >= 0.3 is 5.97 Å². The van der Waals surface area contributed by atoms with Gasteiger partial charge in [-0.2, -0.15) is 0 Å². The molecule has 0 saturated heterocycles. The quantitative estimate of drug-likeness (QED) is 0.180. The molecular formula is C32H42O2. The highest BCUT2D eigenvalue weighted by molar-refractivity contribution is 5.95. The van der Waals surface area contributed by atoms with E-state index in [2.05, 4.69) is 30.9 Å². The molecule has 0 aromatic heterocycles. The second-order valence-corrected chi connectivity index (χ2v) is 9.74. The summed E-state index contributed by atoms with van der Waals surface area (Å²) in [4.78, 5) is 13.0. The molecule has 1 saturated carbocycles. The van der Waals surface area contributed by atoms with Crippen LogP contribution in [0, 0.1) is 17.8 Å². The van der Waals surface area contributed by atoms with Crippen LogP contribution in [0.4, 0.5) is 0 Å². The molecule has 0 spiro atoms. The average molecular weight is 459 g/mol. The van der Waals surface area contributed by atoms with Crippen molar-refractivity contribution in [2.24, 2.45) is 5.92 Å². The zero-order valence-electron chi connectivity index (χ0n) is 21.1. The van der Waals surface area contributed by atoms with Crippen LogP contribution in [0.1, 0.15) is 107 Å². The number of esters is 1. The molecule has 0 aliphatic heterocycles. The van der Waals surface area contributed by atoms with Crippen LogP contribution in [-0.4, -0.2) is 12.1 Å². The maximum Gasteiger partial charge on any atom is 0.339 e. The van der Waals surface area contributed by atoms with Gasteiger partial charge in [0.05, 0.1) is 5.56 Å². The van der Waals surface area contributed by atoms with Crippen molar-refractivity contribution in [2.45, 2.75) is 103 Å². The molecule has 1 aliphatic rings. The van der Waals surface area contributed by atoms with Crippen molar-refractivity contribution < 1.29 is 9.53 Å². The summed E-state index contributed by atoms with van der Waals surface area (Å²) in [5.74, 6) is 6.54. The fraction of sp³-hybridized carbons (Fsp3) is 0.531. The molecule has 2 nitrogen and oxygen atoms in total. The van der Waals surface area contributed by atoms with Crippen LogP contribution in [0.5, 0.6) is 0 Å². The van der Waals surface area contributed by atoms with Gasteiger partial charge in [0, 0.05) is 5.92 Å². The third-order valence-electron chi connectivity index (χ3n) is 6.95. The zero-order chi connectivity index (χ0) is 23.8. The van der Waals surface area contributed by atoms with E-state index in [1.807, 2.05) is 42.5 Å². The van der Waals surface area contributed by atoms with E-state index < -0.39 is 0 Å². The largest absolute Gasteiger partial charge is 0.445 e. The molecule has 0 bridgehead atoms. The third kappa shape index (κ3) is 9.02. The number of hydrogen-bond donors (Lipinski definition) is 0. The SMILES string of the molecule is CCCCCCCCCC/C=C/C#C[C@@H](OC(=O)c1ccc2ccccc2c1)C1CCCCC1. The van der Waals surface area contributed by atoms with Gasteiger partial charge < -0.3 is 4.74 Å². The number of hydrogen-bond acceptors (Lipinski definition) is 2. The Balaban J connectivity index is 1.50. The van der Waals surface area contributed by atoms with E-state index in [1.165, 1.54) is 70.6 Å². The Labute approximate surface area is 207 Å². The van der Waals surface area contributed by atoms with Gasteiger partial charge in [-0.05, 0) is 54.7 Å². The number of benzene rings is 2. The van der Waals surface area contributed by atoms with Gasteiger partial charge in [0.25, 0.3) is 0 Å². The lowest BCUT2D eigenvalue weighted by Gasteiger charge is -2.26. The minimum atomic E-state index is -0.327. The number of carbonyl (C=O) groups is 1. The maximum atomic E-state index is 13.0. The Bertz CT molecular complexity index is 956. The second kappa shape index (κ2) is 15.4. The molecule has 0 amide bonds. The predicted octanol–water partition coefficient (Wildman–Crippen LogP) is 9.04. The van der Waals surface area contributed by atoms with E-state index in [0.29, 0.717) is 11.5 Å². The molecule has 0 unspecified atom stereocenters. The number of unbranched alkanes of at least 4 members (excludes halogenated alkanes) is 8. The van der Waals surface area contributed by atoms with E-state index in [1.54, 1.807) is 0 Å².